The van der Waals surface area contributed by atoms with E-state index >= 15 is 0 Å². The number of aliphatic hydroxyl groups excluding tert-OH is 1. The van der Waals surface area contributed by atoms with Crippen LogP contribution in [-0.2, 0) is 0 Å². The average Bonchev–Trinajstić information content (AvgIpc) is 1.85. The molecule has 0 aliphatic carbocycles. The van der Waals surface area contributed by atoms with Crippen LogP contribution in [0.1, 0.15) is 11.8 Å². The maximum absolute atomic E-state index is 12.8. The van der Waals surface area contributed by atoms with Crippen LogP contribution in [0.25, 0.3) is 0 Å². The van der Waals surface area contributed by atoms with E-state index in [1.165, 1.54) is 12.1 Å². The smallest absolute Gasteiger partial charge is 0.131 e. The Labute approximate surface area is 72.0 Å². The molecular weight excluding hydrogens is 213 g/mol. The monoisotopic (exact) mass is 219 g/mol. The molecule has 1 aromatic carbocycles. The van der Waals surface area contributed by atoms with Gasteiger partial charge >= 0.3 is 0 Å². The lowest BCUT2D eigenvalue weighted by molar-refractivity contribution is 0.181. The summed E-state index contributed by atoms with van der Waals surface area (Å²) in [5, 5.41) is 8.82. The molecule has 4 heteroatoms. The maximum Gasteiger partial charge on any atom is 0.131 e. The summed E-state index contributed by atoms with van der Waals surface area (Å²) in [5.74, 6) is -0.505. The van der Waals surface area contributed by atoms with E-state index in [1.54, 1.807) is 6.07 Å². The van der Waals surface area contributed by atoms with Crippen LogP contribution < -0.4 is 5.73 Å². The van der Waals surface area contributed by atoms with Crippen LogP contribution in [0.3, 0.4) is 0 Å². The predicted octanol–water partition coefficient (Wildman–Crippen LogP) is 1.54. The molecule has 0 aliphatic rings. The second kappa shape index (κ2) is 3.30. The lowest BCUT2D eigenvalue weighted by Crippen LogP contribution is -2.10. The molecule has 1 aromatic rings. The molecule has 0 heterocycles. The van der Waals surface area contributed by atoms with Gasteiger partial charge in [0.05, 0.1) is 0 Å². The van der Waals surface area contributed by atoms with Gasteiger partial charge in [0.1, 0.15) is 12.0 Å². The van der Waals surface area contributed by atoms with E-state index < -0.39 is 12.0 Å². The molecule has 0 saturated heterocycles. The Balaban J connectivity index is 3.09. The number of halogens is 2. The van der Waals surface area contributed by atoms with Gasteiger partial charge in [0.15, 0.2) is 0 Å². The van der Waals surface area contributed by atoms with Crippen LogP contribution in [0.5, 0.6) is 0 Å². The molecule has 11 heavy (non-hydrogen) atoms. The Morgan fingerprint density at radius 1 is 1.55 bits per heavy atom. The standard InChI is InChI=1S/C7H7BrFNO/c8-4-1-2-5(7(10)11)6(9)3-4/h1-3,7,11H,10H2. The third-order valence-corrected chi connectivity index (χ3v) is 1.77. The van der Waals surface area contributed by atoms with Crippen molar-refractivity contribution in [3.63, 3.8) is 0 Å². The average molecular weight is 220 g/mol. The third-order valence-electron chi connectivity index (χ3n) is 1.28. The van der Waals surface area contributed by atoms with Crippen molar-refractivity contribution in [3.8, 4) is 0 Å². The highest BCUT2D eigenvalue weighted by Crippen LogP contribution is 2.17. The molecule has 3 N–H and O–H groups in total. The topological polar surface area (TPSA) is 46.2 Å². The van der Waals surface area contributed by atoms with Gasteiger partial charge < -0.3 is 10.8 Å². The Bertz CT molecular complexity index is 265. The lowest BCUT2D eigenvalue weighted by Gasteiger charge is -2.05. The Hall–Kier alpha value is -0.450. The van der Waals surface area contributed by atoms with Crippen molar-refractivity contribution in [2.45, 2.75) is 6.23 Å². The minimum absolute atomic E-state index is 0.105. The van der Waals surface area contributed by atoms with Crippen LogP contribution in [0, 0.1) is 5.82 Å². The van der Waals surface area contributed by atoms with E-state index in [0.29, 0.717) is 4.47 Å². The van der Waals surface area contributed by atoms with Gasteiger partial charge in [0.25, 0.3) is 0 Å². The fourth-order valence-corrected chi connectivity index (χ4v) is 1.07. The first-order chi connectivity index (χ1) is 5.11. The van der Waals surface area contributed by atoms with Gasteiger partial charge in [-0.1, -0.05) is 22.0 Å². The third kappa shape index (κ3) is 1.99. The molecule has 1 rings (SSSR count). The largest absolute Gasteiger partial charge is 0.374 e. The minimum atomic E-state index is -1.25. The normalized spacial score (nSPS) is 13.1. The first-order valence-corrected chi connectivity index (χ1v) is 3.79. The number of nitrogens with two attached hydrogens (primary N) is 1. The van der Waals surface area contributed by atoms with E-state index in [-0.39, 0.29) is 5.56 Å². The quantitative estimate of drug-likeness (QED) is 0.705. The van der Waals surface area contributed by atoms with Gasteiger partial charge in [-0.25, -0.2) is 4.39 Å². The highest BCUT2D eigenvalue weighted by atomic mass is 79.9. The number of hydrogen-bond donors (Lipinski definition) is 2. The lowest BCUT2D eigenvalue weighted by atomic mass is 10.2. The first-order valence-electron chi connectivity index (χ1n) is 3.00. The van der Waals surface area contributed by atoms with E-state index in [9.17, 15) is 4.39 Å². The van der Waals surface area contributed by atoms with Crippen molar-refractivity contribution in [1.82, 2.24) is 0 Å². The SMILES string of the molecule is NC(O)c1ccc(Br)cc1F. The second-order valence-electron chi connectivity index (χ2n) is 2.11. The van der Waals surface area contributed by atoms with Crippen molar-refractivity contribution >= 4 is 15.9 Å². The summed E-state index contributed by atoms with van der Waals surface area (Å²) in [7, 11) is 0. The highest BCUT2D eigenvalue weighted by Gasteiger charge is 2.07. The summed E-state index contributed by atoms with van der Waals surface area (Å²) >= 11 is 3.08. The zero-order chi connectivity index (χ0) is 8.43. The van der Waals surface area contributed by atoms with Gasteiger partial charge in [0, 0.05) is 10.0 Å². The molecule has 1 atom stereocenters. The van der Waals surface area contributed by atoms with E-state index in [4.69, 9.17) is 10.8 Å². The summed E-state index contributed by atoms with van der Waals surface area (Å²) in [6.45, 7) is 0. The zero-order valence-corrected chi connectivity index (χ0v) is 7.18. The molecule has 1 unspecified atom stereocenters. The Kier molecular flexibility index (Phi) is 2.59. The number of rotatable bonds is 1. The van der Waals surface area contributed by atoms with Crippen LogP contribution in [-0.4, -0.2) is 5.11 Å². The molecule has 2 nitrogen and oxygen atoms in total. The van der Waals surface area contributed by atoms with E-state index in [0.717, 1.165) is 0 Å². The first kappa shape index (κ1) is 8.64. The molecule has 0 bridgehead atoms. The zero-order valence-electron chi connectivity index (χ0n) is 5.59. The van der Waals surface area contributed by atoms with Gasteiger partial charge in [-0.05, 0) is 12.1 Å². The molecule has 0 spiro atoms. The summed E-state index contributed by atoms with van der Waals surface area (Å²) in [6.07, 6.45) is -1.25. The minimum Gasteiger partial charge on any atom is -0.374 e. The molecule has 0 fully saturated rings. The fourth-order valence-electron chi connectivity index (χ4n) is 0.741. The van der Waals surface area contributed by atoms with Gasteiger partial charge in [-0.15, -0.1) is 0 Å². The summed E-state index contributed by atoms with van der Waals surface area (Å²) in [6, 6.07) is 4.31. The molecular formula is C7H7BrFNO. The van der Waals surface area contributed by atoms with Crippen LogP contribution in [0.15, 0.2) is 22.7 Å². The van der Waals surface area contributed by atoms with Crippen LogP contribution in [0.2, 0.25) is 0 Å². The maximum atomic E-state index is 12.8. The van der Waals surface area contributed by atoms with Crippen molar-refractivity contribution in [2.24, 2.45) is 5.73 Å². The second-order valence-corrected chi connectivity index (χ2v) is 3.03. The van der Waals surface area contributed by atoms with E-state index in [2.05, 4.69) is 15.9 Å². The van der Waals surface area contributed by atoms with Crippen molar-refractivity contribution in [3.05, 3.63) is 34.1 Å². The Morgan fingerprint density at radius 2 is 2.18 bits per heavy atom. The Morgan fingerprint density at radius 3 is 2.64 bits per heavy atom. The predicted molar refractivity (Wildman–Crippen MR) is 43.2 cm³/mol. The van der Waals surface area contributed by atoms with Crippen molar-refractivity contribution < 1.29 is 9.50 Å². The molecule has 60 valence electrons. The summed E-state index contributed by atoms with van der Waals surface area (Å²) < 4.78 is 13.5. The van der Waals surface area contributed by atoms with Crippen LogP contribution in [0.4, 0.5) is 4.39 Å². The fraction of sp³-hybridized carbons (Fsp3) is 0.143. The molecule has 0 radical (unpaired) electrons. The van der Waals surface area contributed by atoms with Crippen molar-refractivity contribution in [1.29, 1.82) is 0 Å². The summed E-state index contributed by atoms with van der Waals surface area (Å²) in [5.41, 5.74) is 5.17. The summed E-state index contributed by atoms with van der Waals surface area (Å²) in [4.78, 5) is 0. The van der Waals surface area contributed by atoms with Crippen LogP contribution >= 0.6 is 15.9 Å². The molecule has 0 saturated carbocycles. The van der Waals surface area contributed by atoms with Gasteiger partial charge in [-0.3, -0.25) is 0 Å². The van der Waals surface area contributed by atoms with Crippen molar-refractivity contribution in [2.75, 3.05) is 0 Å². The molecule has 0 aliphatic heterocycles. The number of benzene rings is 1. The number of hydrogen-bond acceptors (Lipinski definition) is 2. The molecule has 0 aromatic heterocycles. The number of aliphatic hydroxyl groups is 1. The van der Waals surface area contributed by atoms with Gasteiger partial charge in [0.2, 0.25) is 0 Å². The van der Waals surface area contributed by atoms with E-state index in [1.807, 2.05) is 0 Å². The molecule has 0 amide bonds. The highest BCUT2D eigenvalue weighted by molar-refractivity contribution is 9.10. The van der Waals surface area contributed by atoms with Gasteiger partial charge in [-0.2, -0.15) is 0 Å².